The summed E-state index contributed by atoms with van der Waals surface area (Å²) in [5, 5.41) is 2.84. The molecule has 0 spiro atoms. The van der Waals surface area contributed by atoms with Gasteiger partial charge in [-0.2, -0.15) is 0 Å². The molecule has 9 heteroatoms. The fraction of sp³-hybridized carbons (Fsp3) is 0.524. The predicted molar refractivity (Wildman–Crippen MR) is 108 cm³/mol. The summed E-state index contributed by atoms with van der Waals surface area (Å²) < 4.78 is 9.82. The number of nitrogens with one attached hydrogen (secondary N) is 1. The van der Waals surface area contributed by atoms with Gasteiger partial charge in [0.05, 0.1) is 19.8 Å². The molecule has 2 rings (SSSR count). The van der Waals surface area contributed by atoms with Gasteiger partial charge in [-0.3, -0.25) is 24.1 Å². The third-order valence-corrected chi connectivity index (χ3v) is 4.66. The van der Waals surface area contributed by atoms with Crippen LogP contribution in [0.2, 0.25) is 0 Å². The first-order valence-electron chi connectivity index (χ1n) is 10.1. The van der Waals surface area contributed by atoms with Gasteiger partial charge in [0.1, 0.15) is 12.5 Å². The Bertz CT molecular complexity index is 740. The second-order valence-corrected chi connectivity index (χ2v) is 6.83. The number of nitrogens with zero attached hydrogens (tertiary/aromatic N) is 2. The van der Waals surface area contributed by atoms with Crippen molar-refractivity contribution in [3.63, 3.8) is 0 Å². The van der Waals surface area contributed by atoms with Crippen LogP contribution in [0.3, 0.4) is 0 Å². The molecule has 1 saturated heterocycles. The van der Waals surface area contributed by atoms with E-state index in [9.17, 15) is 19.2 Å². The summed E-state index contributed by atoms with van der Waals surface area (Å²) in [5.41, 5.74) is 0.925. The molecule has 0 saturated carbocycles. The SMILES string of the molecule is CCOC(=O)CC(=O)N1CCN(CC(=O)OCC)CC1C(=O)NCc1ccccc1. The van der Waals surface area contributed by atoms with Crippen LogP contribution >= 0.6 is 0 Å². The molecular weight excluding hydrogens is 390 g/mol. The maximum atomic E-state index is 12.9. The van der Waals surface area contributed by atoms with E-state index in [-0.39, 0.29) is 44.7 Å². The molecule has 164 valence electrons. The quantitative estimate of drug-likeness (QED) is 0.454. The largest absolute Gasteiger partial charge is 0.466 e. The number of esters is 2. The summed E-state index contributed by atoms with van der Waals surface area (Å²) in [7, 11) is 0. The molecule has 1 aliphatic rings. The lowest BCUT2D eigenvalue weighted by Gasteiger charge is -2.40. The first-order chi connectivity index (χ1) is 14.4. The van der Waals surface area contributed by atoms with Gasteiger partial charge in [0.15, 0.2) is 0 Å². The number of carbonyl (C=O) groups is 4. The second kappa shape index (κ2) is 11.9. The molecule has 1 fully saturated rings. The molecule has 9 nitrogen and oxygen atoms in total. The summed E-state index contributed by atoms with van der Waals surface area (Å²) in [6.45, 7) is 4.99. The van der Waals surface area contributed by atoms with Gasteiger partial charge >= 0.3 is 11.9 Å². The van der Waals surface area contributed by atoms with E-state index in [0.29, 0.717) is 13.1 Å². The smallest absolute Gasteiger partial charge is 0.320 e. The molecule has 1 heterocycles. The summed E-state index contributed by atoms with van der Waals surface area (Å²) in [4.78, 5) is 52.2. The van der Waals surface area contributed by atoms with Gasteiger partial charge in [-0.1, -0.05) is 30.3 Å². The number of hydrogen-bond donors (Lipinski definition) is 1. The van der Waals surface area contributed by atoms with Crippen LogP contribution in [0.1, 0.15) is 25.8 Å². The normalized spacial score (nSPS) is 16.6. The Morgan fingerprint density at radius 1 is 1.00 bits per heavy atom. The van der Waals surface area contributed by atoms with Crippen LogP contribution in [0, 0.1) is 0 Å². The van der Waals surface area contributed by atoms with Gasteiger partial charge in [-0.25, -0.2) is 0 Å². The molecule has 1 N–H and O–H groups in total. The average molecular weight is 419 g/mol. The Morgan fingerprint density at radius 3 is 2.33 bits per heavy atom. The molecular formula is C21H29N3O6. The highest BCUT2D eigenvalue weighted by atomic mass is 16.5. The molecule has 0 aliphatic carbocycles. The molecule has 1 aromatic rings. The minimum Gasteiger partial charge on any atom is -0.466 e. The number of amides is 2. The molecule has 1 aliphatic heterocycles. The zero-order valence-electron chi connectivity index (χ0n) is 17.5. The summed E-state index contributed by atoms with van der Waals surface area (Å²) in [6.07, 6.45) is -0.422. The molecule has 0 bridgehead atoms. The molecule has 1 aromatic carbocycles. The van der Waals surface area contributed by atoms with Gasteiger partial charge in [0, 0.05) is 26.2 Å². The molecule has 0 radical (unpaired) electrons. The number of ether oxygens (including phenoxy) is 2. The lowest BCUT2D eigenvalue weighted by molar-refractivity contribution is -0.153. The van der Waals surface area contributed by atoms with E-state index < -0.39 is 24.3 Å². The van der Waals surface area contributed by atoms with E-state index in [4.69, 9.17) is 9.47 Å². The van der Waals surface area contributed by atoms with Crippen molar-refractivity contribution in [3.05, 3.63) is 35.9 Å². The predicted octanol–water partition coefficient (Wildman–Crippen LogP) is 0.332. The van der Waals surface area contributed by atoms with Crippen LogP contribution in [-0.4, -0.2) is 79.0 Å². The summed E-state index contributed by atoms with van der Waals surface area (Å²) in [6, 6.07) is 8.58. The molecule has 30 heavy (non-hydrogen) atoms. The Morgan fingerprint density at radius 2 is 1.67 bits per heavy atom. The number of benzene rings is 1. The summed E-state index contributed by atoms with van der Waals surface area (Å²) >= 11 is 0. The van der Waals surface area contributed by atoms with E-state index >= 15 is 0 Å². The fourth-order valence-electron chi connectivity index (χ4n) is 3.24. The third-order valence-electron chi connectivity index (χ3n) is 4.66. The number of rotatable bonds is 9. The minimum absolute atomic E-state index is 0.0379. The van der Waals surface area contributed by atoms with Crippen molar-refractivity contribution in [2.75, 3.05) is 39.4 Å². The molecule has 2 amide bonds. The summed E-state index contributed by atoms with van der Waals surface area (Å²) in [5.74, 6) is -1.82. The zero-order valence-corrected chi connectivity index (χ0v) is 17.5. The van der Waals surface area contributed by atoms with E-state index in [1.165, 1.54) is 4.90 Å². The van der Waals surface area contributed by atoms with E-state index in [1.807, 2.05) is 30.3 Å². The standard InChI is InChI=1S/C21H29N3O6/c1-3-29-19(26)12-18(25)24-11-10-23(15-20(27)30-4-2)14-17(24)21(28)22-13-16-8-6-5-7-9-16/h5-9,17H,3-4,10-15H2,1-2H3,(H,22,28). The molecule has 1 atom stereocenters. The molecule has 1 unspecified atom stereocenters. The Balaban J connectivity index is 2.06. The molecule has 0 aromatic heterocycles. The van der Waals surface area contributed by atoms with E-state index in [2.05, 4.69) is 5.32 Å². The maximum absolute atomic E-state index is 12.9. The topological polar surface area (TPSA) is 105 Å². The van der Waals surface area contributed by atoms with Gasteiger partial charge in [0.2, 0.25) is 11.8 Å². The third kappa shape index (κ3) is 7.14. The van der Waals surface area contributed by atoms with Crippen LogP contribution in [0.5, 0.6) is 0 Å². The van der Waals surface area contributed by atoms with Crippen molar-refractivity contribution in [1.29, 1.82) is 0 Å². The monoisotopic (exact) mass is 419 g/mol. The lowest BCUT2D eigenvalue weighted by atomic mass is 10.1. The average Bonchev–Trinajstić information content (AvgIpc) is 2.73. The van der Waals surface area contributed by atoms with Crippen LogP contribution in [0.15, 0.2) is 30.3 Å². The van der Waals surface area contributed by atoms with Gasteiger partial charge in [-0.15, -0.1) is 0 Å². The van der Waals surface area contributed by atoms with Gasteiger partial charge in [0.25, 0.3) is 0 Å². The van der Waals surface area contributed by atoms with Crippen molar-refractivity contribution in [2.45, 2.75) is 32.9 Å². The number of hydrogen-bond acceptors (Lipinski definition) is 7. The first kappa shape index (κ1) is 23.3. The van der Waals surface area contributed by atoms with Crippen LogP contribution in [0.25, 0.3) is 0 Å². The Hall–Kier alpha value is -2.94. The maximum Gasteiger partial charge on any atom is 0.320 e. The zero-order chi connectivity index (χ0) is 21.9. The highest BCUT2D eigenvalue weighted by Crippen LogP contribution is 2.13. The van der Waals surface area contributed by atoms with Crippen LogP contribution < -0.4 is 5.32 Å². The van der Waals surface area contributed by atoms with E-state index in [1.54, 1.807) is 18.7 Å². The fourth-order valence-corrected chi connectivity index (χ4v) is 3.24. The van der Waals surface area contributed by atoms with Crippen molar-refractivity contribution >= 4 is 23.8 Å². The number of piperazine rings is 1. The van der Waals surface area contributed by atoms with Crippen molar-refractivity contribution in [3.8, 4) is 0 Å². The minimum atomic E-state index is -0.821. The Labute approximate surface area is 176 Å². The van der Waals surface area contributed by atoms with Crippen LogP contribution in [0.4, 0.5) is 0 Å². The first-order valence-corrected chi connectivity index (χ1v) is 10.1. The highest BCUT2D eigenvalue weighted by molar-refractivity contribution is 5.97. The Kier molecular flexibility index (Phi) is 9.27. The number of carbonyl (C=O) groups excluding carboxylic acids is 4. The van der Waals surface area contributed by atoms with Crippen molar-refractivity contribution in [2.24, 2.45) is 0 Å². The van der Waals surface area contributed by atoms with Gasteiger partial charge < -0.3 is 19.7 Å². The second-order valence-electron chi connectivity index (χ2n) is 6.83. The van der Waals surface area contributed by atoms with E-state index in [0.717, 1.165) is 5.56 Å². The van der Waals surface area contributed by atoms with Crippen LogP contribution in [-0.2, 0) is 35.2 Å². The van der Waals surface area contributed by atoms with Crippen molar-refractivity contribution < 1.29 is 28.7 Å². The highest BCUT2D eigenvalue weighted by Gasteiger charge is 2.36. The van der Waals surface area contributed by atoms with Gasteiger partial charge in [-0.05, 0) is 19.4 Å². The van der Waals surface area contributed by atoms with Crippen molar-refractivity contribution in [1.82, 2.24) is 15.1 Å². The lowest BCUT2D eigenvalue weighted by Crippen LogP contribution is -2.61.